The van der Waals surface area contributed by atoms with E-state index in [2.05, 4.69) is 45.6 Å². The Kier molecular flexibility index (Phi) is 4.76. The van der Waals surface area contributed by atoms with E-state index >= 15 is 0 Å². The van der Waals surface area contributed by atoms with Crippen molar-refractivity contribution in [1.29, 1.82) is 0 Å². The molecule has 0 amide bonds. The van der Waals surface area contributed by atoms with E-state index in [-0.39, 0.29) is 0 Å². The zero-order valence-electron chi connectivity index (χ0n) is 7.31. The lowest BCUT2D eigenvalue weighted by molar-refractivity contribution is 0.832. The second-order valence-corrected chi connectivity index (χ2v) is 3.05. The van der Waals surface area contributed by atoms with Crippen molar-refractivity contribution in [2.24, 2.45) is 11.8 Å². The molecule has 0 nitrogen and oxygen atoms in total. The van der Waals surface area contributed by atoms with Gasteiger partial charge in [0.1, 0.15) is 0 Å². The zero-order chi connectivity index (χ0) is 7.98. The van der Waals surface area contributed by atoms with Gasteiger partial charge in [-0.15, -0.1) is 0 Å². The van der Waals surface area contributed by atoms with Gasteiger partial charge in [-0.25, -0.2) is 0 Å². The summed E-state index contributed by atoms with van der Waals surface area (Å²) < 4.78 is 0. The van der Waals surface area contributed by atoms with Gasteiger partial charge in [0.2, 0.25) is 0 Å². The van der Waals surface area contributed by atoms with Crippen LogP contribution >= 0.6 is 0 Å². The fourth-order valence-electron chi connectivity index (χ4n) is 0.455. The highest BCUT2D eigenvalue weighted by Gasteiger charge is 1.80. The summed E-state index contributed by atoms with van der Waals surface area (Å²) >= 11 is 0. The topological polar surface area (TPSA) is 0 Å². The highest BCUT2D eigenvalue weighted by atomic mass is 13.9. The van der Waals surface area contributed by atoms with Gasteiger partial charge in [-0.3, -0.25) is 0 Å². The predicted octanol–water partition coefficient (Wildman–Crippen LogP) is 2.86. The molecule has 0 aromatic carbocycles. The van der Waals surface area contributed by atoms with Gasteiger partial charge in [-0.1, -0.05) is 45.6 Å². The fraction of sp³-hybridized carbons (Fsp3) is 0.600. The highest BCUT2D eigenvalue weighted by molar-refractivity contribution is 5.16. The molecular weight excluding hydrogens is 120 g/mol. The molecule has 0 fully saturated rings. The zero-order valence-corrected chi connectivity index (χ0v) is 7.31. The molecule has 0 N–H and O–H groups in total. The molecular formula is C10H16. The third kappa shape index (κ3) is 7.30. The average molecular weight is 136 g/mol. The van der Waals surface area contributed by atoms with E-state index in [1.807, 2.05) is 6.08 Å². The molecule has 0 rings (SSSR count). The average Bonchev–Trinajstić information content (AvgIpc) is 1.79. The minimum atomic E-state index is 0.483. The lowest BCUT2D eigenvalue weighted by atomic mass is 10.2. The SMILES string of the molecule is CC(C)C#C/C=C\C(C)C. The second kappa shape index (κ2) is 5.11. The molecule has 0 saturated carbocycles. The van der Waals surface area contributed by atoms with Gasteiger partial charge in [0.15, 0.2) is 0 Å². The van der Waals surface area contributed by atoms with Crippen LogP contribution in [0.15, 0.2) is 12.2 Å². The number of hydrogen-bond donors (Lipinski definition) is 0. The van der Waals surface area contributed by atoms with Crippen LogP contribution in [0.25, 0.3) is 0 Å². The van der Waals surface area contributed by atoms with Crippen LogP contribution in [0, 0.1) is 23.7 Å². The van der Waals surface area contributed by atoms with Crippen LogP contribution in [-0.4, -0.2) is 0 Å². The molecule has 0 aliphatic heterocycles. The molecule has 0 aromatic heterocycles. The van der Waals surface area contributed by atoms with E-state index in [9.17, 15) is 0 Å². The largest absolute Gasteiger partial charge is 0.0957 e. The van der Waals surface area contributed by atoms with Gasteiger partial charge in [0.05, 0.1) is 0 Å². The normalized spacial score (nSPS) is 10.6. The minimum Gasteiger partial charge on any atom is -0.0957 e. The molecule has 0 aliphatic rings. The van der Waals surface area contributed by atoms with Crippen molar-refractivity contribution in [3.8, 4) is 11.8 Å². The van der Waals surface area contributed by atoms with Crippen molar-refractivity contribution >= 4 is 0 Å². The number of hydrogen-bond acceptors (Lipinski definition) is 0. The van der Waals surface area contributed by atoms with Crippen LogP contribution in [-0.2, 0) is 0 Å². The molecule has 56 valence electrons. The maximum Gasteiger partial charge on any atom is 0.0149 e. The summed E-state index contributed by atoms with van der Waals surface area (Å²) in [6, 6.07) is 0. The van der Waals surface area contributed by atoms with Gasteiger partial charge in [-0.05, 0) is 12.0 Å². The Morgan fingerprint density at radius 3 is 2.10 bits per heavy atom. The van der Waals surface area contributed by atoms with Gasteiger partial charge < -0.3 is 0 Å². The van der Waals surface area contributed by atoms with Crippen LogP contribution in [0.4, 0.5) is 0 Å². The first-order chi connectivity index (χ1) is 4.63. The van der Waals surface area contributed by atoms with Crippen LogP contribution in [0.3, 0.4) is 0 Å². The van der Waals surface area contributed by atoms with E-state index in [4.69, 9.17) is 0 Å². The standard InChI is InChI=1S/C10H16/c1-9(2)7-5-6-8-10(3)4/h5,7,9-10H,1-4H3/b7-5-. The van der Waals surface area contributed by atoms with Crippen LogP contribution in [0.5, 0.6) is 0 Å². The third-order valence-corrected chi connectivity index (χ3v) is 0.936. The highest BCUT2D eigenvalue weighted by Crippen LogP contribution is 1.92. The monoisotopic (exact) mass is 136 g/mol. The van der Waals surface area contributed by atoms with Crippen molar-refractivity contribution < 1.29 is 0 Å². The summed E-state index contributed by atoms with van der Waals surface area (Å²) in [7, 11) is 0. The summed E-state index contributed by atoms with van der Waals surface area (Å²) in [6.45, 7) is 8.48. The Hall–Kier alpha value is -0.700. The van der Waals surface area contributed by atoms with Gasteiger partial charge in [-0.2, -0.15) is 0 Å². The summed E-state index contributed by atoms with van der Waals surface area (Å²) in [4.78, 5) is 0. The second-order valence-electron chi connectivity index (χ2n) is 3.05. The smallest absolute Gasteiger partial charge is 0.0149 e. The molecule has 0 spiro atoms. The van der Waals surface area contributed by atoms with Crippen molar-refractivity contribution in [1.82, 2.24) is 0 Å². The maximum atomic E-state index is 3.06. The van der Waals surface area contributed by atoms with Crippen molar-refractivity contribution in [2.75, 3.05) is 0 Å². The summed E-state index contributed by atoms with van der Waals surface area (Å²) in [5.74, 6) is 7.15. The molecule has 0 aliphatic carbocycles. The molecule has 0 radical (unpaired) electrons. The first-order valence-electron chi connectivity index (χ1n) is 3.80. The van der Waals surface area contributed by atoms with Crippen molar-refractivity contribution in [3.63, 3.8) is 0 Å². The summed E-state index contributed by atoms with van der Waals surface area (Å²) in [5, 5.41) is 0. The van der Waals surface area contributed by atoms with Crippen molar-refractivity contribution in [2.45, 2.75) is 27.7 Å². The summed E-state index contributed by atoms with van der Waals surface area (Å²) in [5.41, 5.74) is 0. The van der Waals surface area contributed by atoms with E-state index in [0.29, 0.717) is 11.8 Å². The molecule has 0 unspecified atom stereocenters. The van der Waals surface area contributed by atoms with E-state index in [1.165, 1.54) is 0 Å². The lowest BCUT2D eigenvalue weighted by Crippen LogP contribution is -1.77. The quantitative estimate of drug-likeness (QED) is 0.486. The van der Waals surface area contributed by atoms with E-state index < -0.39 is 0 Å². The molecule has 0 saturated heterocycles. The summed E-state index contributed by atoms with van der Waals surface area (Å²) in [6.07, 6.45) is 4.04. The molecule has 0 atom stereocenters. The lowest BCUT2D eigenvalue weighted by Gasteiger charge is -1.88. The predicted molar refractivity (Wildman–Crippen MR) is 46.6 cm³/mol. The third-order valence-electron chi connectivity index (χ3n) is 0.936. The maximum absolute atomic E-state index is 3.06. The Labute approximate surface area is 64.3 Å². The number of rotatable bonds is 1. The first kappa shape index (κ1) is 9.30. The molecule has 0 heterocycles. The van der Waals surface area contributed by atoms with E-state index in [1.54, 1.807) is 0 Å². The molecule has 0 aromatic rings. The Balaban J connectivity index is 3.65. The Morgan fingerprint density at radius 1 is 1.10 bits per heavy atom. The van der Waals surface area contributed by atoms with Gasteiger partial charge in [0.25, 0.3) is 0 Å². The molecule has 0 heteroatoms. The van der Waals surface area contributed by atoms with Gasteiger partial charge in [0, 0.05) is 5.92 Å². The molecule has 0 bridgehead atoms. The Morgan fingerprint density at radius 2 is 1.70 bits per heavy atom. The van der Waals surface area contributed by atoms with E-state index in [0.717, 1.165) is 0 Å². The fourth-order valence-corrected chi connectivity index (χ4v) is 0.455. The Bertz CT molecular complexity index is 151. The molecule has 10 heavy (non-hydrogen) atoms. The first-order valence-corrected chi connectivity index (χ1v) is 3.80. The van der Waals surface area contributed by atoms with Crippen LogP contribution in [0.2, 0.25) is 0 Å². The van der Waals surface area contributed by atoms with Gasteiger partial charge >= 0.3 is 0 Å². The van der Waals surface area contributed by atoms with Crippen molar-refractivity contribution in [3.05, 3.63) is 12.2 Å². The van der Waals surface area contributed by atoms with Crippen LogP contribution < -0.4 is 0 Å². The van der Waals surface area contributed by atoms with Crippen LogP contribution in [0.1, 0.15) is 27.7 Å². The minimum absolute atomic E-state index is 0.483. The number of allylic oxidation sites excluding steroid dienone is 2.